The summed E-state index contributed by atoms with van der Waals surface area (Å²) < 4.78 is 17.6. The summed E-state index contributed by atoms with van der Waals surface area (Å²) in [5, 5.41) is 40.9. The van der Waals surface area contributed by atoms with Crippen LogP contribution in [0.15, 0.2) is 36.0 Å². The van der Waals surface area contributed by atoms with E-state index in [0.717, 1.165) is 5.57 Å². The SMILES string of the molecule is CCC(O)C(C)C1OC1CC(C)(O)/C=C/C=C(\C)C1OC(=O)CC(O)CCC(C)C(OC(=O)N2CCN(CCO)CC2)/C=C\C1C. The number of ether oxygens (including phenoxy) is 3. The number of aliphatic hydroxyl groups is 4. The fourth-order valence-corrected chi connectivity index (χ4v) is 6.29. The molecule has 0 saturated carbocycles. The standard InChI is InChI=1S/C35H58N2O9/c1-7-28(40)26(5)33-30(44-33)22-35(6,43)14-8-9-24(3)32-25(4)11-13-29(23(2)10-12-27(39)21-31(41)46-32)45-34(42)37-17-15-36(16-18-37)19-20-38/h8-9,11,13-14,23,25-30,32-33,38-40,43H,7,10,12,15-22H2,1-6H3/b13-11-,14-8+,24-9+. The Morgan fingerprint density at radius 3 is 2.54 bits per heavy atom. The van der Waals surface area contributed by atoms with Gasteiger partial charge in [-0.3, -0.25) is 9.69 Å². The molecule has 3 rings (SSSR count). The maximum Gasteiger partial charge on any atom is 0.410 e. The Kier molecular flexibility index (Phi) is 14.7. The van der Waals surface area contributed by atoms with Gasteiger partial charge in [-0.25, -0.2) is 4.79 Å². The van der Waals surface area contributed by atoms with Crippen molar-refractivity contribution in [2.75, 3.05) is 39.3 Å². The summed E-state index contributed by atoms with van der Waals surface area (Å²) in [6.45, 7) is 14.4. The Morgan fingerprint density at radius 2 is 1.89 bits per heavy atom. The minimum Gasteiger partial charge on any atom is -0.457 e. The zero-order chi connectivity index (χ0) is 34.0. The second kappa shape index (κ2) is 17.8. The molecular formula is C35H58N2O9. The van der Waals surface area contributed by atoms with E-state index in [2.05, 4.69) is 4.90 Å². The van der Waals surface area contributed by atoms with Gasteiger partial charge in [-0.2, -0.15) is 0 Å². The van der Waals surface area contributed by atoms with Gasteiger partial charge in [0.2, 0.25) is 0 Å². The summed E-state index contributed by atoms with van der Waals surface area (Å²) in [6, 6.07) is 0. The highest BCUT2D eigenvalue weighted by Crippen LogP contribution is 2.37. The number of piperazine rings is 1. The van der Waals surface area contributed by atoms with Crippen LogP contribution in [0.25, 0.3) is 0 Å². The molecule has 0 aliphatic carbocycles. The van der Waals surface area contributed by atoms with E-state index < -0.39 is 36.0 Å². The molecule has 3 aliphatic heterocycles. The molecule has 2 fully saturated rings. The van der Waals surface area contributed by atoms with Gasteiger partial charge in [-0.1, -0.05) is 52.0 Å². The number of cyclic esters (lactones) is 1. The van der Waals surface area contributed by atoms with Crippen LogP contribution >= 0.6 is 0 Å². The van der Waals surface area contributed by atoms with Gasteiger partial charge < -0.3 is 39.5 Å². The van der Waals surface area contributed by atoms with Crippen LogP contribution in [0.2, 0.25) is 0 Å². The summed E-state index contributed by atoms with van der Waals surface area (Å²) in [7, 11) is 0. The second-order valence-corrected chi connectivity index (χ2v) is 13.8. The lowest BCUT2D eigenvalue weighted by molar-refractivity contribution is -0.151. The lowest BCUT2D eigenvalue weighted by Crippen LogP contribution is -2.50. The summed E-state index contributed by atoms with van der Waals surface area (Å²) >= 11 is 0. The molecule has 3 aliphatic rings. The van der Waals surface area contributed by atoms with Crippen molar-refractivity contribution in [2.24, 2.45) is 17.8 Å². The van der Waals surface area contributed by atoms with Gasteiger partial charge in [-0.05, 0) is 50.7 Å². The quantitative estimate of drug-likeness (QED) is 0.114. The molecule has 0 bridgehead atoms. The lowest BCUT2D eigenvalue weighted by Gasteiger charge is -2.35. The molecule has 0 aromatic rings. The molecule has 2 saturated heterocycles. The summed E-state index contributed by atoms with van der Waals surface area (Å²) in [5.74, 6) is -0.844. The van der Waals surface area contributed by atoms with Crippen LogP contribution in [-0.4, -0.2) is 124 Å². The molecule has 10 unspecified atom stereocenters. The van der Waals surface area contributed by atoms with Crippen LogP contribution in [0.5, 0.6) is 0 Å². The number of allylic oxidation sites excluding steroid dienone is 2. The third kappa shape index (κ3) is 11.8. The van der Waals surface area contributed by atoms with Crippen LogP contribution in [0, 0.1) is 17.8 Å². The fourth-order valence-electron chi connectivity index (χ4n) is 6.29. The minimum atomic E-state index is -1.13. The maximum atomic E-state index is 13.1. The minimum absolute atomic E-state index is 0.0000196. The van der Waals surface area contributed by atoms with Crippen LogP contribution in [0.1, 0.15) is 73.6 Å². The summed E-state index contributed by atoms with van der Waals surface area (Å²) in [6.07, 6.45) is 7.83. The molecule has 46 heavy (non-hydrogen) atoms. The highest BCUT2D eigenvalue weighted by molar-refractivity contribution is 5.70. The highest BCUT2D eigenvalue weighted by atomic mass is 16.6. The van der Waals surface area contributed by atoms with Crippen molar-refractivity contribution in [1.29, 1.82) is 0 Å². The van der Waals surface area contributed by atoms with Gasteiger partial charge in [0.1, 0.15) is 12.2 Å². The number of carbonyl (C=O) groups is 2. The maximum absolute atomic E-state index is 13.1. The number of nitrogens with zero attached hydrogens (tertiary/aromatic N) is 2. The van der Waals surface area contributed by atoms with Crippen molar-refractivity contribution >= 4 is 12.1 Å². The van der Waals surface area contributed by atoms with E-state index in [4.69, 9.17) is 14.2 Å². The molecule has 4 N–H and O–H groups in total. The van der Waals surface area contributed by atoms with E-state index in [-0.39, 0.29) is 49.1 Å². The number of esters is 1. The number of aliphatic hydroxyl groups excluding tert-OH is 3. The second-order valence-electron chi connectivity index (χ2n) is 13.8. The molecule has 262 valence electrons. The largest absolute Gasteiger partial charge is 0.457 e. The van der Waals surface area contributed by atoms with Crippen molar-refractivity contribution in [3.63, 3.8) is 0 Å². The Bertz CT molecular complexity index is 1070. The van der Waals surface area contributed by atoms with Crippen LogP contribution in [0.3, 0.4) is 0 Å². The lowest BCUT2D eigenvalue weighted by atomic mass is 9.91. The number of epoxide rings is 1. The first-order valence-electron chi connectivity index (χ1n) is 17.0. The van der Waals surface area contributed by atoms with Gasteiger partial charge in [0.25, 0.3) is 0 Å². The average Bonchev–Trinajstić information content (AvgIpc) is 3.77. The van der Waals surface area contributed by atoms with E-state index in [1.54, 1.807) is 24.0 Å². The molecule has 0 aromatic heterocycles. The van der Waals surface area contributed by atoms with E-state index in [1.807, 2.05) is 52.8 Å². The fraction of sp³-hybridized carbons (Fsp3) is 0.771. The van der Waals surface area contributed by atoms with E-state index in [9.17, 15) is 30.0 Å². The van der Waals surface area contributed by atoms with E-state index in [1.165, 1.54) is 0 Å². The van der Waals surface area contributed by atoms with Crippen molar-refractivity contribution in [2.45, 2.75) is 116 Å². The van der Waals surface area contributed by atoms with Gasteiger partial charge in [0.15, 0.2) is 0 Å². The zero-order valence-corrected chi connectivity index (χ0v) is 28.6. The Labute approximate surface area is 274 Å². The topological polar surface area (TPSA) is 153 Å². The first kappa shape index (κ1) is 38.2. The number of amides is 1. The van der Waals surface area contributed by atoms with Gasteiger partial charge in [0, 0.05) is 51.0 Å². The third-order valence-corrected chi connectivity index (χ3v) is 9.59. The first-order valence-corrected chi connectivity index (χ1v) is 17.0. The third-order valence-electron chi connectivity index (χ3n) is 9.59. The number of rotatable bonds is 11. The van der Waals surface area contributed by atoms with Crippen LogP contribution in [0.4, 0.5) is 4.79 Å². The smallest absolute Gasteiger partial charge is 0.410 e. The zero-order valence-electron chi connectivity index (χ0n) is 28.6. The van der Waals surface area contributed by atoms with Gasteiger partial charge >= 0.3 is 12.1 Å². The first-order chi connectivity index (χ1) is 21.7. The number of carbonyl (C=O) groups excluding carboxylic acids is 2. The molecule has 0 radical (unpaired) electrons. The van der Waals surface area contributed by atoms with E-state index >= 15 is 0 Å². The Hall–Kier alpha value is -2.28. The predicted molar refractivity (Wildman–Crippen MR) is 175 cm³/mol. The van der Waals surface area contributed by atoms with Crippen molar-refractivity contribution in [3.05, 3.63) is 36.0 Å². The predicted octanol–water partition coefficient (Wildman–Crippen LogP) is 3.20. The molecule has 0 spiro atoms. The Balaban J connectivity index is 1.69. The van der Waals surface area contributed by atoms with E-state index in [0.29, 0.717) is 58.4 Å². The molecule has 11 nitrogen and oxygen atoms in total. The molecule has 11 heteroatoms. The number of hydrogen-bond donors (Lipinski definition) is 4. The average molecular weight is 651 g/mol. The molecule has 10 atom stereocenters. The number of hydrogen-bond acceptors (Lipinski definition) is 10. The summed E-state index contributed by atoms with van der Waals surface area (Å²) in [4.78, 5) is 29.7. The molecular weight excluding hydrogens is 592 g/mol. The van der Waals surface area contributed by atoms with Crippen LogP contribution < -0.4 is 0 Å². The van der Waals surface area contributed by atoms with Crippen molar-refractivity contribution < 1.29 is 44.2 Å². The van der Waals surface area contributed by atoms with Crippen LogP contribution in [-0.2, 0) is 19.0 Å². The number of β-amino-alcohol motifs (C(OH)–C–C–N with tert-alkyl or cyclic N) is 1. The molecule has 1 amide bonds. The summed E-state index contributed by atoms with van der Waals surface area (Å²) in [5.41, 5.74) is -0.378. The van der Waals surface area contributed by atoms with Gasteiger partial charge in [0.05, 0.1) is 43.0 Å². The molecule has 3 heterocycles. The Morgan fingerprint density at radius 1 is 1.20 bits per heavy atom. The highest BCUT2D eigenvalue weighted by Gasteiger charge is 2.47. The van der Waals surface area contributed by atoms with Crippen molar-refractivity contribution in [1.82, 2.24) is 9.80 Å². The monoisotopic (exact) mass is 650 g/mol. The van der Waals surface area contributed by atoms with Gasteiger partial charge in [-0.15, -0.1) is 0 Å². The molecule has 0 aromatic carbocycles. The normalized spacial score (nSPS) is 33.7. The van der Waals surface area contributed by atoms with Crippen molar-refractivity contribution in [3.8, 4) is 0 Å².